The van der Waals surface area contributed by atoms with Crippen LogP contribution in [0.4, 0.5) is 0 Å². The van der Waals surface area contributed by atoms with Gasteiger partial charge in [-0.15, -0.1) is 0 Å². The largest absolute Gasteiger partial charge is 0.478 e. The van der Waals surface area contributed by atoms with Crippen LogP contribution in [0.25, 0.3) is 11.1 Å². The van der Waals surface area contributed by atoms with Gasteiger partial charge in [0.15, 0.2) is 0 Å². The summed E-state index contributed by atoms with van der Waals surface area (Å²) in [4.78, 5) is 15.0. The lowest BCUT2D eigenvalue weighted by Gasteiger charge is -2.07. The third kappa shape index (κ3) is 1.80. The van der Waals surface area contributed by atoms with E-state index in [0.29, 0.717) is 5.56 Å². The highest BCUT2D eigenvalue weighted by Gasteiger charge is 2.10. The zero-order valence-electron chi connectivity index (χ0n) is 8.84. The minimum atomic E-state index is -0.900. The first kappa shape index (κ1) is 10.4. The summed E-state index contributed by atoms with van der Waals surface area (Å²) in [6.07, 6.45) is 3.42. The SMILES string of the molecule is Cc1c(C(=O)O)cccc1-c1cccnc1. The summed E-state index contributed by atoms with van der Waals surface area (Å²) in [5.74, 6) is -0.900. The summed E-state index contributed by atoms with van der Waals surface area (Å²) in [5.41, 5.74) is 2.94. The molecule has 0 saturated carbocycles. The van der Waals surface area contributed by atoms with Gasteiger partial charge in [0.25, 0.3) is 0 Å². The molecule has 0 unspecified atom stereocenters. The number of pyridine rings is 1. The molecule has 0 amide bonds. The molecular formula is C13H11NO2. The highest BCUT2D eigenvalue weighted by molar-refractivity contribution is 5.91. The molecule has 0 aliphatic carbocycles. The average molecular weight is 213 g/mol. The zero-order valence-corrected chi connectivity index (χ0v) is 8.84. The first-order valence-corrected chi connectivity index (χ1v) is 4.93. The molecule has 2 aromatic rings. The van der Waals surface area contributed by atoms with E-state index in [9.17, 15) is 4.79 Å². The van der Waals surface area contributed by atoms with Crippen LogP contribution in [-0.2, 0) is 0 Å². The van der Waals surface area contributed by atoms with Crippen LogP contribution in [0.15, 0.2) is 42.7 Å². The average Bonchev–Trinajstić information content (AvgIpc) is 2.30. The maximum absolute atomic E-state index is 11.0. The molecule has 0 aliphatic heterocycles. The predicted octanol–water partition coefficient (Wildman–Crippen LogP) is 2.76. The predicted molar refractivity (Wildman–Crippen MR) is 61.4 cm³/mol. The summed E-state index contributed by atoms with van der Waals surface area (Å²) >= 11 is 0. The molecule has 1 N–H and O–H groups in total. The lowest BCUT2D eigenvalue weighted by molar-refractivity contribution is 0.0696. The molecule has 0 spiro atoms. The lowest BCUT2D eigenvalue weighted by atomic mass is 9.98. The summed E-state index contributed by atoms with van der Waals surface area (Å²) < 4.78 is 0. The molecular weight excluding hydrogens is 202 g/mol. The molecule has 0 fully saturated rings. The minimum absolute atomic E-state index is 0.335. The Balaban J connectivity index is 2.59. The van der Waals surface area contributed by atoms with Gasteiger partial charge in [0.05, 0.1) is 5.56 Å². The van der Waals surface area contributed by atoms with Crippen LogP contribution >= 0.6 is 0 Å². The fraction of sp³-hybridized carbons (Fsp3) is 0.0769. The first-order valence-electron chi connectivity index (χ1n) is 4.93. The molecule has 1 aromatic carbocycles. The molecule has 1 aromatic heterocycles. The van der Waals surface area contributed by atoms with Gasteiger partial charge in [-0.05, 0) is 30.2 Å². The highest BCUT2D eigenvalue weighted by Crippen LogP contribution is 2.24. The Morgan fingerprint density at radius 1 is 1.25 bits per heavy atom. The number of hydrogen-bond acceptors (Lipinski definition) is 2. The molecule has 1 heterocycles. The number of carboxylic acids is 1. The second kappa shape index (κ2) is 4.14. The molecule has 0 saturated heterocycles. The van der Waals surface area contributed by atoms with Crippen LogP contribution in [0.3, 0.4) is 0 Å². The van der Waals surface area contributed by atoms with Crippen molar-refractivity contribution in [1.82, 2.24) is 4.98 Å². The van der Waals surface area contributed by atoms with Gasteiger partial charge in [-0.25, -0.2) is 4.79 Å². The van der Waals surface area contributed by atoms with E-state index in [-0.39, 0.29) is 0 Å². The molecule has 0 radical (unpaired) electrons. The summed E-state index contributed by atoms with van der Waals surface area (Å²) in [5, 5.41) is 9.02. The summed E-state index contributed by atoms with van der Waals surface area (Å²) in [7, 11) is 0. The Labute approximate surface area is 93.4 Å². The van der Waals surface area contributed by atoms with E-state index < -0.39 is 5.97 Å². The van der Waals surface area contributed by atoms with Gasteiger partial charge in [0.1, 0.15) is 0 Å². The van der Waals surface area contributed by atoms with Crippen molar-refractivity contribution in [3.63, 3.8) is 0 Å². The number of carbonyl (C=O) groups is 1. The summed E-state index contributed by atoms with van der Waals surface area (Å²) in [6.45, 7) is 1.81. The number of benzene rings is 1. The van der Waals surface area contributed by atoms with Crippen LogP contribution < -0.4 is 0 Å². The zero-order chi connectivity index (χ0) is 11.5. The monoisotopic (exact) mass is 213 g/mol. The Morgan fingerprint density at radius 3 is 2.69 bits per heavy atom. The van der Waals surface area contributed by atoms with E-state index in [4.69, 9.17) is 5.11 Å². The van der Waals surface area contributed by atoms with Gasteiger partial charge < -0.3 is 5.11 Å². The van der Waals surface area contributed by atoms with Crippen molar-refractivity contribution in [3.8, 4) is 11.1 Å². The number of carboxylic acid groups (broad SMARTS) is 1. The van der Waals surface area contributed by atoms with Gasteiger partial charge >= 0.3 is 5.97 Å². The molecule has 0 atom stereocenters. The van der Waals surface area contributed by atoms with E-state index in [0.717, 1.165) is 16.7 Å². The molecule has 3 nitrogen and oxygen atoms in total. The van der Waals surface area contributed by atoms with Crippen molar-refractivity contribution >= 4 is 5.97 Å². The van der Waals surface area contributed by atoms with Crippen molar-refractivity contribution in [3.05, 3.63) is 53.9 Å². The highest BCUT2D eigenvalue weighted by atomic mass is 16.4. The van der Waals surface area contributed by atoms with Crippen LogP contribution in [-0.4, -0.2) is 16.1 Å². The molecule has 0 aliphatic rings. The maximum Gasteiger partial charge on any atom is 0.335 e. The van der Waals surface area contributed by atoms with Crippen molar-refractivity contribution in [2.24, 2.45) is 0 Å². The van der Waals surface area contributed by atoms with E-state index in [2.05, 4.69) is 4.98 Å². The number of nitrogens with zero attached hydrogens (tertiary/aromatic N) is 1. The maximum atomic E-state index is 11.0. The van der Waals surface area contributed by atoms with Crippen LogP contribution in [0.2, 0.25) is 0 Å². The minimum Gasteiger partial charge on any atom is -0.478 e. The fourth-order valence-corrected chi connectivity index (χ4v) is 1.70. The number of rotatable bonds is 2. The van der Waals surface area contributed by atoms with Gasteiger partial charge in [0.2, 0.25) is 0 Å². The summed E-state index contributed by atoms with van der Waals surface area (Å²) in [6, 6.07) is 9.01. The molecule has 3 heteroatoms. The molecule has 16 heavy (non-hydrogen) atoms. The quantitative estimate of drug-likeness (QED) is 0.834. The second-order valence-corrected chi connectivity index (χ2v) is 3.52. The first-order chi connectivity index (χ1) is 7.70. The Kier molecular flexibility index (Phi) is 2.68. The smallest absolute Gasteiger partial charge is 0.335 e. The topological polar surface area (TPSA) is 50.2 Å². The van der Waals surface area contributed by atoms with Gasteiger partial charge in [-0.1, -0.05) is 18.2 Å². The lowest BCUT2D eigenvalue weighted by Crippen LogP contribution is -2.00. The van der Waals surface area contributed by atoms with Crippen LogP contribution in [0.1, 0.15) is 15.9 Å². The van der Waals surface area contributed by atoms with Gasteiger partial charge in [-0.2, -0.15) is 0 Å². The van der Waals surface area contributed by atoms with Gasteiger partial charge in [-0.3, -0.25) is 4.98 Å². The Hall–Kier alpha value is -2.16. The Bertz CT molecular complexity index is 521. The fourth-order valence-electron chi connectivity index (χ4n) is 1.70. The van der Waals surface area contributed by atoms with Crippen LogP contribution in [0.5, 0.6) is 0 Å². The van der Waals surface area contributed by atoms with E-state index in [1.165, 1.54) is 0 Å². The number of aromatic nitrogens is 1. The van der Waals surface area contributed by atoms with Crippen molar-refractivity contribution in [1.29, 1.82) is 0 Å². The van der Waals surface area contributed by atoms with Crippen molar-refractivity contribution in [2.45, 2.75) is 6.92 Å². The van der Waals surface area contributed by atoms with E-state index >= 15 is 0 Å². The van der Waals surface area contributed by atoms with E-state index in [1.807, 2.05) is 25.1 Å². The number of aromatic carboxylic acids is 1. The standard InChI is InChI=1S/C13H11NO2/c1-9-11(10-4-3-7-14-8-10)5-2-6-12(9)13(15)16/h2-8H,1H3,(H,15,16). The number of hydrogen-bond donors (Lipinski definition) is 1. The van der Waals surface area contributed by atoms with Crippen molar-refractivity contribution < 1.29 is 9.90 Å². The van der Waals surface area contributed by atoms with E-state index in [1.54, 1.807) is 24.5 Å². The second-order valence-electron chi connectivity index (χ2n) is 3.52. The van der Waals surface area contributed by atoms with Gasteiger partial charge in [0, 0.05) is 18.0 Å². The van der Waals surface area contributed by atoms with Crippen LogP contribution in [0, 0.1) is 6.92 Å². The normalized spacial score (nSPS) is 10.1. The Morgan fingerprint density at radius 2 is 2.06 bits per heavy atom. The third-order valence-electron chi connectivity index (χ3n) is 2.54. The third-order valence-corrected chi connectivity index (χ3v) is 2.54. The molecule has 80 valence electrons. The molecule has 0 bridgehead atoms. The van der Waals surface area contributed by atoms with Crippen molar-refractivity contribution in [2.75, 3.05) is 0 Å². The molecule has 2 rings (SSSR count).